The normalized spacial score (nSPS) is 11.5. The summed E-state index contributed by atoms with van der Waals surface area (Å²) in [5.74, 6) is 0.759. The van der Waals surface area contributed by atoms with Gasteiger partial charge in [0.05, 0.1) is 33.6 Å². The Morgan fingerprint density at radius 1 is 1.14 bits per heavy atom. The molecule has 0 aliphatic carbocycles. The van der Waals surface area contributed by atoms with Crippen LogP contribution in [0.5, 0.6) is 5.75 Å². The van der Waals surface area contributed by atoms with Crippen molar-refractivity contribution in [3.05, 3.63) is 67.1 Å². The Hall–Kier alpha value is -3.53. The molecule has 0 saturated heterocycles. The lowest BCUT2D eigenvalue weighted by molar-refractivity contribution is -0.393. The molecule has 9 nitrogen and oxygen atoms in total. The maximum Gasteiger partial charge on any atom is 0.301 e. The molecule has 0 radical (unpaired) electrons. The molecule has 3 rings (SSSR count). The number of hydrogen-bond donors (Lipinski definition) is 1. The lowest BCUT2D eigenvalue weighted by Gasteiger charge is -2.04. The van der Waals surface area contributed by atoms with Crippen LogP contribution in [0.1, 0.15) is 17.4 Å². The van der Waals surface area contributed by atoms with Crippen molar-refractivity contribution in [2.45, 2.75) is 13.8 Å². The highest BCUT2D eigenvalue weighted by atomic mass is 32.1. The number of nitrogens with one attached hydrogen (secondary N) is 1. The second-order valence-corrected chi connectivity index (χ2v) is 7.00. The van der Waals surface area contributed by atoms with E-state index in [2.05, 4.69) is 10.5 Å². The van der Waals surface area contributed by atoms with E-state index in [4.69, 9.17) is 4.74 Å². The quantitative estimate of drug-likeness (QED) is 0.358. The minimum Gasteiger partial charge on any atom is -0.497 e. The SMILES string of the molecule is COc1ccc2c(C)c(/C(C)=N\Nc3ccc([N+](=O)[O-])cc3[N+](=O)[O-])sc2c1. The van der Waals surface area contributed by atoms with Gasteiger partial charge in [-0.3, -0.25) is 25.7 Å². The summed E-state index contributed by atoms with van der Waals surface area (Å²) >= 11 is 1.54. The summed E-state index contributed by atoms with van der Waals surface area (Å²) in [5.41, 5.74) is 3.66. The molecule has 3 aromatic rings. The molecular weight excluding hydrogens is 384 g/mol. The van der Waals surface area contributed by atoms with Crippen LogP contribution < -0.4 is 10.2 Å². The highest BCUT2D eigenvalue weighted by molar-refractivity contribution is 7.21. The van der Waals surface area contributed by atoms with E-state index in [1.54, 1.807) is 14.0 Å². The Morgan fingerprint density at radius 2 is 1.89 bits per heavy atom. The van der Waals surface area contributed by atoms with Crippen LogP contribution in [0.25, 0.3) is 10.1 Å². The number of benzene rings is 2. The van der Waals surface area contributed by atoms with E-state index in [1.165, 1.54) is 23.5 Å². The van der Waals surface area contributed by atoms with Crippen LogP contribution in [0.15, 0.2) is 41.5 Å². The molecule has 10 heteroatoms. The number of nitrogens with zero attached hydrogens (tertiary/aromatic N) is 3. The van der Waals surface area contributed by atoms with Crippen LogP contribution in [0.3, 0.4) is 0 Å². The Kier molecular flexibility index (Phi) is 5.23. The van der Waals surface area contributed by atoms with Gasteiger partial charge in [0.2, 0.25) is 0 Å². The van der Waals surface area contributed by atoms with Crippen molar-refractivity contribution in [3.63, 3.8) is 0 Å². The number of rotatable bonds is 6. The number of nitro groups is 2. The summed E-state index contributed by atoms with van der Waals surface area (Å²) in [5, 5.41) is 27.4. The Labute approximate surface area is 163 Å². The third kappa shape index (κ3) is 3.62. The van der Waals surface area contributed by atoms with Gasteiger partial charge in [0.1, 0.15) is 11.4 Å². The lowest BCUT2D eigenvalue weighted by atomic mass is 10.1. The fourth-order valence-electron chi connectivity index (χ4n) is 2.75. The Morgan fingerprint density at radius 3 is 2.54 bits per heavy atom. The number of thiophene rings is 1. The van der Waals surface area contributed by atoms with Crippen molar-refractivity contribution >= 4 is 44.2 Å². The predicted octanol–water partition coefficient (Wildman–Crippen LogP) is 4.87. The molecule has 1 N–H and O–H groups in total. The first-order chi connectivity index (χ1) is 13.3. The van der Waals surface area contributed by atoms with Gasteiger partial charge in [0, 0.05) is 10.8 Å². The Balaban J connectivity index is 1.95. The number of hydrazone groups is 1. The molecule has 0 amide bonds. The molecule has 144 valence electrons. The van der Waals surface area contributed by atoms with Crippen LogP contribution in [0.2, 0.25) is 0 Å². The smallest absolute Gasteiger partial charge is 0.301 e. The predicted molar refractivity (Wildman–Crippen MR) is 109 cm³/mol. The Bertz CT molecular complexity index is 1120. The number of anilines is 1. The molecule has 2 aromatic carbocycles. The zero-order valence-corrected chi connectivity index (χ0v) is 16.1. The second-order valence-electron chi connectivity index (χ2n) is 5.94. The average molecular weight is 400 g/mol. The van der Waals surface area contributed by atoms with Crippen LogP contribution >= 0.6 is 11.3 Å². The van der Waals surface area contributed by atoms with Crippen LogP contribution in [0, 0.1) is 27.2 Å². The largest absolute Gasteiger partial charge is 0.497 e. The van der Waals surface area contributed by atoms with Crippen molar-refractivity contribution in [3.8, 4) is 5.75 Å². The molecule has 0 spiro atoms. The maximum absolute atomic E-state index is 11.2. The molecule has 0 aliphatic rings. The molecule has 0 saturated carbocycles. The maximum atomic E-state index is 11.2. The number of ether oxygens (including phenoxy) is 1. The van der Waals surface area contributed by atoms with Crippen molar-refractivity contribution in [2.24, 2.45) is 5.10 Å². The minimum absolute atomic E-state index is 0.0791. The summed E-state index contributed by atoms with van der Waals surface area (Å²) in [4.78, 5) is 21.6. The number of nitro benzene ring substituents is 2. The molecule has 0 aliphatic heterocycles. The highest BCUT2D eigenvalue weighted by Gasteiger charge is 2.19. The van der Waals surface area contributed by atoms with Crippen LogP contribution in [0.4, 0.5) is 17.1 Å². The number of fused-ring (bicyclic) bond motifs is 1. The van der Waals surface area contributed by atoms with E-state index in [1.807, 2.05) is 25.1 Å². The minimum atomic E-state index is -0.683. The third-order valence-corrected chi connectivity index (χ3v) is 5.57. The zero-order chi connectivity index (χ0) is 20.4. The second kappa shape index (κ2) is 7.61. The summed E-state index contributed by atoms with van der Waals surface area (Å²) in [7, 11) is 1.61. The first kappa shape index (κ1) is 19.2. The van der Waals surface area contributed by atoms with Gasteiger partial charge >= 0.3 is 5.69 Å². The number of aryl methyl sites for hydroxylation is 1. The third-order valence-electron chi connectivity index (χ3n) is 4.21. The van der Waals surface area contributed by atoms with E-state index in [0.717, 1.165) is 32.3 Å². The van der Waals surface area contributed by atoms with Crippen molar-refractivity contribution in [2.75, 3.05) is 12.5 Å². The van der Waals surface area contributed by atoms with Crippen molar-refractivity contribution < 1.29 is 14.6 Å². The topological polar surface area (TPSA) is 120 Å². The first-order valence-electron chi connectivity index (χ1n) is 8.12. The molecule has 28 heavy (non-hydrogen) atoms. The van der Waals surface area contributed by atoms with E-state index >= 15 is 0 Å². The molecule has 0 unspecified atom stereocenters. The molecule has 1 heterocycles. The number of non-ortho nitro benzene ring substituents is 1. The monoisotopic (exact) mass is 400 g/mol. The summed E-state index contributed by atoms with van der Waals surface area (Å²) < 4.78 is 6.30. The molecule has 0 fully saturated rings. The van der Waals surface area contributed by atoms with Crippen molar-refractivity contribution in [1.29, 1.82) is 0 Å². The molecule has 0 bridgehead atoms. The van der Waals surface area contributed by atoms with Gasteiger partial charge in [-0.1, -0.05) is 0 Å². The molecule has 0 atom stereocenters. The van der Waals surface area contributed by atoms with Gasteiger partial charge in [-0.15, -0.1) is 11.3 Å². The molecular formula is C18H16N4O5S. The number of methoxy groups -OCH3 is 1. The van der Waals surface area contributed by atoms with Gasteiger partial charge in [0.25, 0.3) is 5.69 Å². The van der Waals surface area contributed by atoms with Gasteiger partial charge in [0.15, 0.2) is 0 Å². The first-order valence-corrected chi connectivity index (χ1v) is 8.94. The fourth-order valence-corrected chi connectivity index (χ4v) is 3.93. The van der Waals surface area contributed by atoms with Crippen LogP contribution in [-0.2, 0) is 0 Å². The summed E-state index contributed by atoms with van der Waals surface area (Å²) in [6.07, 6.45) is 0. The van der Waals surface area contributed by atoms with Crippen molar-refractivity contribution in [1.82, 2.24) is 0 Å². The number of hydrogen-bond acceptors (Lipinski definition) is 8. The van der Waals surface area contributed by atoms with Crippen LogP contribution in [-0.4, -0.2) is 22.7 Å². The molecule has 1 aromatic heterocycles. The van der Waals surface area contributed by atoms with E-state index < -0.39 is 15.5 Å². The summed E-state index contributed by atoms with van der Waals surface area (Å²) in [6, 6.07) is 9.18. The van der Waals surface area contributed by atoms with Gasteiger partial charge < -0.3 is 4.74 Å². The van der Waals surface area contributed by atoms with Gasteiger partial charge in [-0.25, -0.2) is 0 Å². The van der Waals surface area contributed by atoms with E-state index in [-0.39, 0.29) is 11.4 Å². The average Bonchev–Trinajstić information content (AvgIpc) is 3.01. The van der Waals surface area contributed by atoms with Gasteiger partial charge in [-0.05, 0) is 49.1 Å². The highest BCUT2D eigenvalue weighted by Crippen LogP contribution is 2.34. The van der Waals surface area contributed by atoms with E-state index in [0.29, 0.717) is 5.71 Å². The van der Waals surface area contributed by atoms with Gasteiger partial charge in [-0.2, -0.15) is 5.10 Å². The standard InChI is InChI=1S/C18H16N4O5S/c1-10-14-6-5-13(27-3)9-17(14)28-18(10)11(2)19-20-15-7-4-12(21(23)24)8-16(15)22(25)26/h4-9,20H,1-3H3/b19-11-. The fraction of sp³-hybridized carbons (Fsp3) is 0.167. The lowest BCUT2D eigenvalue weighted by Crippen LogP contribution is -2.02. The van der Waals surface area contributed by atoms with E-state index in [9.17, 15) is 20.2 Å². The summed E-state index contributed by atoms with van der Waals surface area (Å²) in [6.45, 7) is 3.77. The zero-order valence-electron chi connectivity index (χ0n) is 15.3.